The zero-order valence-corrected chi connectivity index (χ0v) is 6.99. The summed E-state index contributed by atoms with van der Waals surface area (Å²) in [6.45, 7) is 1.66. The third-order valence-electron chi connectivity index (χ3n) is 1.59. The van der Waals surface area contributed by atoms with Crippen LogP contribution < -0.4 is 5.32 Å². The molecule has 0 aromatic carbocycles. The Morgan fingerprint density at radius 1 is 1.69 bits per heavy atom. The van der Waals surface area contributed by atoms with E-state index in [1.54, 1.807) is 6.92 Å². The van der Waals surface area contributed by atoms with Gasteiger partial charge in [-0.05, 0) is 18.6 Å². The van der Waals surface area contributed by atoms with Crippen LogP contribution in [0.25, 0.3) is 0 Å². The number of amides is 1. The van der Waals surface area contributed by atoms with E-state index in [4.69, 9.17) is 5.11 Å². The Labute approximate surface area is 74.4 Å². The quantitative estimate of drug-likeness (QED) is 0.685. The molecule has 4 nitrogen and oxygen atoms in total. The van der Waals surface area contributed by atoms with E-state index in [1.807, 2.05) is 0 Å². The highest BCUT2D eigenvalue weighted by molar-refractivity contribution is 5.65. The van der Waals surface area contributed by atoms with Crippen LogP contribution in [0.3, 0.4) is 0 Å². The third kappa shape index (κ3) is 2.70. The Hall–Kier alpha value is -1.65. The first-order valence-electron chi connectivity index (χ1n) is 3.70. The molecular weight excluding hydrogens is 175 g/mol. The summed E-state index contributed by atoms with van der Waals surface area (Å²) < 4.78 is 12.4. The van der Waals surface area contributed by atoms with Gasteiger partial charge in [0, 0.05) is 6.20 Å². The molecule has 70 valence electrons. The first-order valence-corrected chi connectivity index (χ1v) is 3.70. The number of hydrogen-bond acceptors (Lipinski definition) is 2. The molecule has 0 radical (unpaired) electrons. The summed E-state index contributed by atoms with van der Waals surface area (Å²) in [5, 5.41) is 10.6. The predicted octanol–water partition coefficient (Wildman–Crippen LogP) is 1.55. The van der Waals surface area contributed by atoms with Gasteiger partial charge < -0.3 is 10.4 Å². The van der Waals surface area contributed by atoms with Crippen molar-refractivity contribution in [1.82, 2.24) is 10.3 Å². The molecule has 0 fully saturated rings. The average Bonchev–Trinajstić information content (AvgIpc) is 2.04. The number of aromatic nitrogens is 1. The summed E-state index contributed by atoms with van der Waals surface area (Å²) in [5.41, 5.74) is 0.629. The van der Waals surface area contributed by atoms with E-state index < -0.39 is 12.0 Å². The van der Waals surface area contributed by atoms with Gasteiger partial charge in [0.2, 0.25) is 5.95 Å². The average molecular weight is 184 g/mol. The van der Waals surface area contributed by atoms with E-state index in [9.17, 15) is 9.18 Å². The van der Waals surface area contributed by atoms with Gasteiger partial charge in [0.25, 0.3) is 0 Å². The van der Waals surface area contributed by atoms with E-state index in [0.717, 1.165) is 0 Å². The molecule has 13 heavy (non-hydrogen) atoms. The Bertz CT molecular complexity index is 300. The molecule has 2 N–H and O–H groups in total. The van der Waals surface area contributed by atoms with Crippen molar-refractivity contribution in [2.75, 3.05) is 0 Å². The molecule has 1 atom stereocenters. The highest BCUT2D eigenvalue weighted by Gasteiger charge is 2.07. The SMILES string of the molecule is CC(NC(=O)O)c1ccc(F)nc1. The molecule has 0 saturated heterocycles. The molecule has 0 aliphatic carbocycles. The number of rotatable bonds is 2. The molecule has 1 aromatic heterocycles. The molecule has 5 heteroatoms. The van der Waals surface area contributed by atoms with E-state index in [-0.39, 0.29) is 6.04 Å². The van der Waals surface area contributed by atoms with Crippen molar-refractivity contribution in [3.8, 4) is 0 Å². The summed E-state index contributed by atoms with van der Waals surface area (Å²) in [6, 6.07) is 2.30. The molecule has 0 saturated carbocycles. The number of carboxylic acid groups (broad SMARTS) is 1. The summed E-state index contributed by atoms with van der Waals surface area (Å²) in [7, 11) is 0. The number of nitrogens with one attached hydrogen (secondary N) is 1. The first-order chi connectivity index (χ1) is 6.09. The lowest BCUT2D eigenvalue weighted by atomic mass is 10.1. The first kappa shape index (κ1) is 9.44. The van der Waals surface area contributed by atoms with Gasteiger partial charge in [0.1, 0.15) is 0 Å². The van der Waals surface area contributed by atoms with Gasteiger partial charge >= 0.3 is 6.09 Å². The maximum atomic E-state index is 12.4. The predicted molar refractivity (Wildman–Crippen MR) is 43.8 cm³/mol. The lowest BCUT2D eigenvalue weighted by Gasteiger charge is -2.10. The minimum absolute atomic E-state index is 0.384. The van der Waals surface area contributed by atoms with Crippen LogP contribution >= 0.6 is 0 Å². The molecule has 1 amide bonds. The van der Waals surface area contributed by atoms with Gasteiger partial charge in [0.05, 0.1) is 6.04 Å². The van der Waals surface area contributed by atoms with E-state index in [2.05, 4.69) is 10.3 Å². The highest BCUT2D eigenvalue weighted by atomic mass is 19.1. The molecular formula is C8H9FN2O2. The van der Waals surface area contributed by atoms with Gasteiger partial charge in [-0.1, -0.05) is 6.07 Å². The number of pyridine rings is 1. The maximum Gasteiger partial charge on any atom is 0.405 e. The smallest absolute Gasteiger partial charge is 0.405 e. The van der Waals surface area contributed by atoms with E-state index in [0.29, 0.717) is 5.56 Å². The summed E-state index contributed by atoms with van der Waals surface area (Å²) in [5.74, 6) is -0.578. The summed E-state index contributed by atoms with van der Waals surface area (Å²) in [6.07, 6.45) is 0.187. The molecule has 0 aliphatic rings. The van der Waals surface area contributed by atoms with Crippen LogP contribution in [0.1, 0.15) is 18.5 Å². The van der Waals surface area contributed by atoms with Gasteiger partial charge in [-0.2, -0.15) is 4.39 Å². The fourth-order valence-corrected chi connectivity index (χ4v) is 0.912. The molecule has 1 heterocycles. The summed E-state index contributed by atoms with van der Waals surface area (Å²) in [4.78, 5) is 13.7. The van der Waals surface area contributed by atoms with Crippen LogP contribution in [-0.2, 0) is 0 Å². The van der Waals surface area contributed by atoms with Crippen LogP contribution in [0.15, 0.2) is 18.3 Å². The Morgan fingerprint density at radius 2 is 2.38 bits per heavy atom. The van der Waals surface area contributed by atoms with Crippen molar-refractivity contribution < 1.29 is 14.3 Å². The van der Waals surface area contributed by atoms with E-state index in [1.165, 1.54) is 18.3 Å². The standard InChI is InChI=1S/C8H9FN2O2/c1-5(11-8(12)13)6-2-3-7(9)10-4-6/h2-5,11H,1H3,(H,12,13). The Balaban J connectivity index is 2.71. The second-order valence-corrected chi connectivity index (χ2v) is 2.59. The number of hydrogen-bond donors (Lipinski definition) is 2. The molecule has 0 bridgehead atoms. The van der Waals surface area contributed by atoms with Crippen molar-refractivity contribution in [1.29, 1.82) is 0 Å². The van der Waals surface area contributed by atoms with Crippen LogP contribution in [-0.4, -0.2) is 16.2 Å². The van der Waals surface area contributed by atoms with Crippen LogP contribution in [0.4, 0.5) is 9.18 Å². The fraction of sp³-hybridized carbons (Fsp3) is 0.250. The Kier molecular flexibility index (Phi) is 2.79. The monoisotopic (exact) mass is 184 g/mol. The summed E-state index contributed by atoms with van der Waals surface area (Å²) >= 11 is 0. The maximum absolute atomic E-state index is 12.4. The van der Waals surface area contributed by atoms with Crippen LogP contribution in [0, 0.1) is 5.95 Å². The van der Waals surface area contributed by atoms with E-state index >= 15 is 0 Å². The zero-order chi connectivity index (χ0) is 9.84. The van der Waals surface area contributed by atoms with Crippen molar-refractivity contribution in [3.05, 3.63) is 29.8 Å². The van der Waals surface area contributed by atoms with Crippen molar-refractivity contribution in [2.45, 2.75) is 13.0 Å². The fourth-order valence-electron chi connectivity index (χ4n) is 0.912. The van der Waals surface area contributed by atoms with Crippen molar-refractivity contribution in [3.63, 3.8) is 0 Å². The molecule has 0 spiro atoms. The number of carbonyl (C=O) groups is 1. The molecule has 1 rings (SSSR count). The largest absolute Gasteiger partial charge is 0.465 e. The second-order valence-electron chi connectivity index (χ2n) is 2.59. The number of halogens is 1. The minimum Gasteiger partial charge on any atom is -0.465 e. The highest BCUT2D eigenvalue weighted by Crippen LogP contribution is 2.10. The number of nitrogens with zero attached hydrogens (tertiary/aromatic N) is 1. The molecule has 0 aliphatic heterocycles. The third-order valence-corrected chi connectivity index (χ3v) is 1.59. The van der Waals surface area contributed by atoms with Crippen molar-refractivity contribution >= 4 is 6.09 Å². The lowest BCUT2D eigenvalue weighted by molar-refractivity contribution is 0.191. The second kappa shape index (κ2) is 3.84. The Morgan fingerprint density at radius 3 is 2.85 bits per heavy atom. The minimum atomic E-state index is -1.11. The topological polar surface area (TPSA) is 62.2 Å². The normalized spacial score (nSPS) is 12.2. The van der Waals surface area contributed by atoms with Gasteiger partial charge in [-0.15, -0.1) is 0 Å². The molecule has 1 unspecified atom stereocenters. The van der Waals surface area contributed by atoms with Gasteiger partial charge in [-0.25, -0.2) is 9.78 Å². The zero-order valence-electron chi connectivity index (χ0n) is 6.99. The lowest BCUT2D eigenvalue weighted by Crippen LogP contribution is -2.24. The molecule has 1 aromatic rings. The van der Waals surface area contributed by atoms with Gasteiger partial charge in [-0.3, -0.25) is 0 Å². The van der Waals surface area contributed by atoms with Crippen LogP contribution in [0.5, 0.6) is 0 Å². The van der Waals surface area contributed by atoms with Crippen LogP contribution in [0.2, 0.25) is 0 Å². The van der Waals surface area contributed by atoms with Crippen molar-refractivity contribution in [2.24, 2.45) is 0 Å². The van der Waals surface area contributed by atoms with Gasteiger partial charge in [0.15, 0.2) is 0 Å².